The number of hydrogen-bond donors (Lipinski definition) is 0. The quantitative estimate of drug-likeness (QED) is 0.476. The molecule has 0 N–H and O–H groups in total. The van der Waals surface area contributed by atoms with Gasteiger partial charge in [-0.1, -0.05) is 11.8 Å². The molecule has 0 unspecified atom stereocenters. The van der Waals surface area contributed by atoms with Crippen LogP contribution in [-0.2, 0) is 23.8 Å². The van der Waals surface area contributed by atoms with Crippen molar-refractivity contribution in [3.05, 3.63) is 29.6 Å². The highest BCUT2D eigenvalue weighted by molar-refractivity contribution is 7.86. The Morgan fingerprint density at radius 1 is 1.14 bits per heavy atom. The summed E-state index contributed by atoms with van der Waals surface area (Å²) in [7, 11) is -4.77. The fourth-order valence-electron chi connectivity index (χ4n) is 1.17. The van der Waals surface area contributed by atoms with Gasteiger partial charge in [-0.3, -0.25) is 8.98 Å². The molecule has 1 aromatic rings. The summed E-state index contributed by atoms with van der Waals surface area (Å²) in [4.78, 5) is 8.99. The van der Waals surface area contributed by atoms with E-state index >= 15 is 0 Å². The second-order valence-electron chi connectivity index (χ2n) is 3.55. The molecule has 0 amide bonds. The third-order valence-corrected chi connectivity index (χ3v) is 3.29. The molecule has 0 heterocycles. The number of carbonyl (C=O) groups is 1. The van der Waals surface area contributed by atoms with E-state index in [1.54, 1.807) is 0 Å². The highest BCUT2D eigenvalue weighted by Gasteiger charge is 2.25. The Morgan fingerprint density at radius 2 is 1.67 bits per heavy atom. The molecule has 9 heteroatoms. The fraction of sp³-hybridized carbons (Fsp3) is 0.250. The van der Waals surface area contributed by atoms with E-state index < -0.39 is 45.0 Å². The van der Waals surface area contributed by atoms with E-state index in [4.69, 9.17) is 0 Å². The Bertz CT molecular complexity index is 680. The maximum Gasteiger partial charge on any atom is 0.303 e. The van der Waals surface area contributed by atoms with E-state index in [1.807, 2.05) is 0 Å². The normalized spacial score (nSPS) is 10.7. The first-order chi connectivity index (χ1) is 9.74. The molecule has 0 bridgehead atoms. The number of carbonyl (C=O) groups excluding carboxylic acids is 1. The lowest BCUT2D eigenvalue weighted by atomic mass is 10.3. The Kier molecular flexibility index (Phi) is 5.75. The van der Waals surface area contributed by atoms with Gasteiger partial charge in [0.2, 0.25) is 0 Å². The van der Waals surface area contributed by atoms with Gasteiger partial charge in [0.25, 0.3) is 0 Å². The summed E-state index contributed by atoms with van der Waals surface area (Å²) in [5.41, 5.74) is 0. The molecule has 0 spiro atoms. The van der Waals surface area contributed by atoms with E-state index in [-0.39, 0.29) is 18.7 Å². The van der Waals surface area contributed by atoms with E-state index in [0.717, 1.165) is 6.92 Å². The van der Waals surface area contributed by atoms with Crippen molar-refractivity contribution in [3.63, 3.8) is 0 Å². The predicted molar refractivity (Wildman–Crippen MR) is 63.9 cm³/mol. The number of esters is 1. The van der Waals surface area contributed by atoms with Crippen molar-refractivity contribution in [3.8, 4) is 11.8 Å². The van der Waals surface area contributed by atoms with E-state index in [2.05, 4.69) is 20.8 Å². The first kappa shape index (κ1) is 17.0. The summed E-state index contributed by atoms with van der Waals surface area (Å²) < 4.78 is 71.1. The van der Waals surface area contributed by atoms with Gasteiger partial charge in [0.1, 0.15) is 24.1 Å². The van der Waals surface area contributed by atoms with Crippen LogP contribution in [0.1, 0.15) is 6.92 Å². The number of hydrogen-bond acceptors (Lipinski definition) is 5. The minimum absolute atomic E-state index is 0.214. The Morgan fingerprint density at radius 3 is 2.19 bits per heavy atom. The molecule has 0 radical (unpaired) electrons. The molecule has 0 fully saturated rings. The standard InChI is InChI=1S/C12H9F3O5S/c1-8(16)19-4-2-3-5-20-21(17,18)12-10(14)6-9(13)7-11(12)15/h6-7H,4-5H2,1H3. The predicted octanol–water partition coefficient (Wildman–Crippen LogP) is 1.38. The van der Waals surface area contributed by atoms with Crippen molar-refractivity contribution in [2.45, 2.75) is 11.8 Å². The van der Waals surface area contributed by atoms with Gasteiger partial charge in [0.15, 0.2) is 11.5 Å². The molecule has 5 nitrogen and oxygen atoms in total. The van der Waals surface area contributed by atoms with E-state index in [1.165, 1.54) is 0 Å². The molecule has 0 saturated carbocycles. The smallest absolute Gasteiger partial charge is 0.303 e. The maximum absolute atomic E-state index is 13.3. The summed E-state index contributed by atoms with van der Waals surface area (Å²) in [5, 5.41) is 0. The van der Waals surface area contributed by atoms with Gasteiger partial charge in [0, 0.05) is 19.1 Å². The topological polar surface area (TPSA) is 69.7 Å². The highest BCUT2D eigenvalue weighted by Crippen LogP contribution is 2.21. The molecule has 0 aliphatic rings. The molecule has 114 valence electrons. The molecule has 0 aromatic heterocycles. The monoisotopic (exact) mass is 322 g/mol. The van der Waals surface area contributed by atoms with Crippen LogP contribution in [0.2, 0.25) is 0 Å². The largest absolute Gasteiger partial charge is 0.453 e. The Hall–Kier alpha value is -2.05. The molecule has 1 rings (SSSR count). The molecule has 1 aromatic carbocycles. The van der Waals surface area contributed by atoms with Crippen LogP contribution in [0, 0.1) is 29.3 Å². The van der Waals surface area contributed by atoms with Crippen molar-refractivity contribution < 1.29 is 35.3 Å². The number of halogens is 3. The highest BCUT2D eigenvalue weighted by atomic mass is 32.2. The SMILES string of the molecule is CC(=O)OCC#CCOS(=O)(=O)c1c(F)cc(F)cc1F. The van der Waals surface area contributed by atoms with Crippen LogP contribution < -0.4 is 0 Å². The molecule has 0 aliphatic carbocycles. The minimum Gasteiger partial charge on any atom is -0.453 e. The number of rotatable bonds is 4. The third-order valence-electron chi connectivity index (χ3n) is 1.97. The summed E-state index contributed by atoms with van der Waals surface area (Å²) in [5.74, 6) is -0.638. The molecular formula is C12H9F3O5S. The van der Waals surface area contributed by atoms with Crippen molar-refractivity contribution >= 4 is 16.1 Å². The minimum atomic E-state index is -4.77. The van der Waals surface area contributed by atoms with Crippen LogP contribution in [-0.4, -0.2) is 27.6 Å². The van der Waals surface area contributed by atoms with Crippen molar-refractivity contribution in [2.24, 2.45) is 0 Å². The van der Waals surface area contributed by atoms with Crippen LogP contribution in [0.5, 0.6) is 0 Å². The van der Waals surface area contributed by atoms with Gasteiger partial charge in [-0.25, -0.2) is 13.2 Å². The zero-order chi connectivity index (χ0) is 16.0. The molecule has 0 aliphatic heterocycles. The van der Waals surface area contributed by atoms with Crippen LogP contribution >= 0.6 is 0 Å². The van der Waals surface area contributed by atoms with Gasteiger partial charge in [0.05, 0.1) is 0 Å². The second kappa shape index (κ2) is 7.10. The van der Waals surface area contributed by atoms with Crippen LogP contribution in [0.3, 0.4) is 0 Å². The Balaban J connectivity index is 2.77. The van der Waals surface area contributed by atoms with Crippen LogP contribution in [0.25, 0.3) is 0 Å². The van der Waals surface area contributed by atoms with E-state index in [9.17, 15) is 26.4 Å². The first-order valence-electron chi connectivity index (χ1n) is 5.37. The summed E-state index contributed by atoms with van der Waals surface area (Å²) in [6, 6.07) is 0.428. The van der Waals surface area contributed by atoms with Crippen molar-refractivity contribution in [2.75, 3.05) is 13.2 Å². The fourth-order valence-corrected chi connectivity index (χ4v) is 2.10. The van der Waals surface area contributed by atoms with Crippen molar-refractivity contribution in [1.29, 1.82) is 0 Å². The van der Waals surface area contributed by atoms with Gasteiger partial charge in [-0.15, -0.1) is 0 Å². The third kappa shape index (κ3) is 5.09. The number of benzene rings is 1. The van der Waals surface area contributed by atoms with E-state index in [0.29, 0.717) is 0 Å². The zero-order valence-electron chi connectivity index (χ0n) is 10.7. The maximum atomic E-state index is 13.3. The Labute approximate surface area is 118 Å². The van der Waals surface area contributed by atoms with Gasteiger partial charge < -0.3 is 4.74 Å². The van der Waals surface area contributed by atoms with Gasteiger partial charge >= 0.3 is 16.1 Å². The number of ether oxygens (including phenoxy) is 1. The lowest BCUT2D eigenvalue weighted by Gasteiger charge is -2.05. The lowest BCUT2D eigenvalue weighted by Crippen LogP contribution is -2.11. The molecule has 0 atom stereocenters. The van der Waals surface area contributed by atoms with Gasteiger partial charge in [-0.2, -0.15) is 8.42 Å². The zero-order valence-corrected chi connectivity index (χ0v) is 11.5. The summed E-state index contributed by atoms with van der Waals surface area (Å²) in [6.07, 6.45) is 0. The molecule has 21 heavy (non-hydrogen) atoms. The van der Waals surface area contributed by atoms with Gasteiger partial charge in [-0.05, 0) is 0 Å². The van der Waals surface area contributed by atoms with Crippen LogP contribution in [0.4, 0.5) is 13.2 Å². The first-order valence-corrected chi connectivity index (χ1v) is 6.78. The summed E-state index contributed by atoms with van der Waals surface area (Å²) >= 11 is 0. The second-order valence-corrected chi connectivity index (χ2v) is 5.10. The average molecular weight is 322 g/mol. The lowest BCUT2D eigenvalue weighted by molar-refractivity contribution is -0.139. The average Bonchev–Trinajstić information content (AvgIpc) is 2.31. The van der Waals surface area contributed by atoms with Crippen LogP contribution in [0.15, 0.2) is 17.0 Å². The summed E-state index contributed by atoms with van der Waals surface area (Å²) in [6.45, 7) is 0.167. The molecule has 0 saturated heterocycles. The van der Waals surface area contributed by atoms with Crippen molar-refractivity contribution in [1.82, 2.24) is 0 Å². The molecular weight excluding hydrogens is 313 g/mol.